The van der Waals surface area contributed by atoms with Gasteiger partial charge in [0, 0.05) is 5.56 Å². The molecule has 0 aromatic carbocycles. The Bertz CT molecular complexity index is 526. The molecular weight excluding hydrogens is 200 g/mol. The highest BCUT2D eigenvalue weighted by atomic mass is 32.1. The Hall–Kier alpha value is -1.36. The van der Waals surface area contributed by atoms with E-state index in [9.17, 15) is 4.79 Å². The van der Waals surface area contributed by atoms with Gasteiger partial charge in [0.05, 0.1) is 11.9 Å². The molecule has 4 nitrogen and oxygen atoms in total. The van der Waals surface area contributed by atoms with Crippen LogP contribution < -0.4 is 0 Å². The van der Waals surface area contributed by atoms with Gasteiger partial charge in [-0.2, -0.15) is 5.10 Å². The molecule has 2 heterocycles. The lowest BCUT2D eigenvalue weighted by Crippen LogP contribution is -1.92. The molecule has 0 aliphatic heterocycles. The fraction of sp³-hybridized carbons (Fsp3) is 0.333. The van der Waals surface area contributed by atoms with Gasteiger partial charge >= 0.3 is 5.97 Å². The first kappa shape index (κ1) is 7.99. The van der Waals surface area contributed by atoms with Crippen LogP contribution in [0.1, 0.15) is 27.3 Å². The number of aromatic nitrogens is 2. The number of hydrogen-bond donors (Lipinski definition) is 1. The van der Waals surface area contributed by atoms with Crippen molar-refractivity contribution in [1.82, 2.24) is 9.61 Å². The summed E-state index contributed by atoms with van der Waals surface area (Å²) < 4.78 is 1.71. The highest BCUT2D eigenvalue weighted by molar-refractivity contribution is 7.19. The van der Waals surface area contributed by atoms with Crippen LogP contribution in [-0.4, -0.2) is 20.7 Å². The van der Waals surface area contributed by atoms with Crippen molar-refractivity contribution in [3.8, 4) is 0 Å². The molecule has 3 rings (SSSR count). The Morgan fingerprint density at radius 1 is 1.57 bits per heavy atom. The van der Waals surface area contributed by atoms with E-state index < -0.39 is 5.97 Å². The zero-order valence-electron chi connectivity index (χ0n) is 7.36. The molecule has 0 saturated carbocycles. The third-order valence-corrected chi connectivity index (χ3v) is 3.67. The maximum absolute atomic E-state index is 10.7. The van der Waals surface area contributed by atoms with E-state index in [1.807, 2.05) is 0 Å². The predicted octanol–water partition coefficient (Wildman–Crippen LogP) is 1.58. The Labute approximate surface area is 83.8 Å². The maximum atomic E-state index is 10.7. The molecule has 14 heavy (non-hydrogen) atoms. The monoisotopic (exact) mass is 208 g/mol. The molecule has 1 aliphatic rings. The van der Waals surface area contributed by atoms with Gasteiger partial charge in [0.15, 0.2) is 0 Å². The van der Waals surface area contributed by atoms with Crippen molar-refractivity contribution in [2.75, 3.05) is 0 Å². The van der Waals surface area contributed by atoms with E-state index in [2.05, 4.69) is 5.10 Å². The number of fused-ring (bicyclic) bond motifs is 3. The van der Waals surface area contributed by atoms with Crippen molar-refractivity contribution < 1.29 is 9.90 Å². The summed E-state index contributed by atoms with van der Waals surface area (Å²) in [6, 6.07) is 0. The van der Waals surface area contributed by atoms with Gasteiger partial charge in [-0.1, -0.05) is 0 Å². The lowest BCUT2D eigenvalue weighted by Gasteiger charge is -1.84. The average molecular weight is 208 g/mol. The number of hydrogen-bond acceptors (Lipinski definition) is 3. The highest BCUT2D eigenvalue weighted by Crippen LogP contribution is 2.30. The van der Waals surface area contributed by atoms with Crippen LogP contribution in [0.25, 0.3) is 4.83 Å². The average Bonchev–Trinajstić information content (AvgIpc) is 2.70. The fourth-order valence-electron chi connectivity index (χ4n) is 1.92. The van der Waals surface area contributed by atoms with Gasteiger partial charge in [0.1, 0.15) is 9.71 Å². The maximum Gasteiger partial charge on any atom is 0.347 e. The van der Waals surface area contributed by atoms with Gasteiger partial charge in [-0.05, 0) is 19.3 Å². The second-order valence-electron chi connectivity index (χ2n) is 3.43. The molecule has 2 aromatic rings. The predicted molar refractivity (Wildman–Crippen MR) is 52.1 cm³/mol. The number of carboxylic acid groups (broad SMARTS) is 1. The number of nitrogens with zero attached hydrogens (tertiary/aromatic N) is 2. The first-order valence-corrected chi connectivity index (χ1v) is 5.30. The van der Waals surface area contributed by atoms with Gasteiger partial charge < -0.3 is 5.11 Å². The number of carbonyl (C=O) groups is 1. The smallest absolute Gasteiger partial charge is 0.347 e. The van der Waals surface area contributed by atoms with E-state index in [1.165, 1.54) is 16.9 Å². The lowest BCUT2D eigenvalue weighted by atomic mass is 10.3. The highest BCUT2D eigenvalue weighted by Gasteiger charge is 2.21. The molecule has 0 spiro atoms. The normalized spacial score (nSPS) is 14.9. The largest absolute Gasteiger partial charge is 0.477 e. The first-order chi connectivity index (χ1) is 6.75. The van der Waals surface area contributed by atoms with Crippen molar-refractivity contribution in [3.63, 3.8) is 0 Å². The summed E-state index contributed by atoms with van der Waals surface area (Å²) in [5.41, 5.74) is 2.40. The van der Waals surface area contributed by atoms with Crippen LogP contribution in [0, 0.1) is 0 Å². The Morgan fingerprint density at radius 2 is 2.43 bits per heavy atom. The van der Waals surface area contributed by atoms with Gasteiger partial charge in [0.25, 0.3) is 0 Å². The van der Waals surface area contributed by atoms with Gasteiger partial charge in [-0.15, -0.1) is 11.3 Å². The van der Waals surface area contributed by atoms with Crippen LogP contribution in [0.4, 0.5) is 0 Å². The first-order valence-electron chi connectivity index (χ1n) is 4.49. The molecule has 2 aromatic heterocycles. The summed E-state index contributed by atoms with van der Waals surface area (Å²) in [5.74, 6) is -0.868. The van der Waals surface area contributed by atoms with Gasteiger partial charge in [-0.3, -0.25) is 0 Å². The molecule has 0 amide bonds. The van der Waals surface area contributed by atoms with Crippen LogP contribution >= 0.6 is 11.3 Å². The zero-order chi connectivity index (χ0) is 9.71. The van der Waals surface area contributed by atoms with Crippen LogP contribution in [0.2, 0.25) is 0 Å². The summed E-state index contributed by atoms with van der Waals surface area (Å²) in [6.07, 6.45) is 4.82. The molecular formula is C9H8N2O2S. The molecule has 0 radical (unpaired) electrons. The Morgan fingerprint density at radius 3 is 3.21 bits per heavy atom. The van der Waals surface area contributed by atoms with Crippen molar-refractivity contribution in [3.05, 3.63) is 22.3 Å². The van der Waals surface area contributed by atoms with Gasteiger partial charge in [0.2, 0.25) is 0 Å². The second-order valence-corrected chi connectivity index (χ2v) is 4.46. The number of carboxylic acids is 1. The molecule has 72 valence electrons. The van der Waals surface area contributed by atoms with Crippen molar-refractivity contribution in [1.29, 1.82) is 0 Å². The third-order valence-electron chi connectivity index (χ3n) is 2.54. The van der Waals surface area contributed by atoms with Gasteiger partial charge in [-0.25, -0.2) is 9.31 Å². The summed E-state index contributed by atoms with van der Waals surface area (Å²) in [5, 5.41) is 13.2. The summed E-state index contributed by atoms with van der Waals surface area (Å²) in [6.45, 7) is 0. The van der Waals surface area contributed by atoms with E-state index in [0.717, 1.165) is 29.8 Å². The van der Waals surface area contributed by atoms with E-state index in [-0.39, 0.29) is 0 Å². The molecule has 1 N–H and O–H groups in total. The quantitative estimate of drug-likeness (QED) is 0.774. The Balaban J connectivity index is 2.26. The summed E-state index contributed by atoms with van der Waals surface area (Å²) >= 11 is 1.32. The number of thiazole rings is 1. The van der Waals surface area contributed by atoms with E-state index in [1.54, 1.807) is 10.7 Å². The molecule has 0 saturated heterocycles. The number of aryl methyl sites for hydroxylation is 2. The minimum absolute atomic E-state index is 0.363. The van der Waals surface area contributed by atoms with E-state index in [4.69, 9.17) is 5.11 Å². The SMILES string of the molecule is O=C(O)c1cn2nc3c(c2s1)CCC3. The minimum Gasteiger partial charge on any atom is -0.477 e. The molecule has 0 unspecified atom stereocenters. The standard InChI is InChI=1S/C9H8N2O2S/c12-9(13)7-4-11-8(14-7)5-2-1-3-6(5)10-11/h4H,1-3H2,(H,12,13). The molecule has 1 aliphatic carbocycles. The van der Waals surface area contributed by atoms with E-state index in [0.29, 0.717) is 4.88 Å². The van der Waals surface area contributed by atoms with Crippen LogP contribution in [0.15, 0.2) is 6.20 Å². The molecule has 0 atom stereocenters. The Kier molecular flexibility index (Phi) is 1.47. The summed E-state index contributed by atoms with van der Waals surface area (Å²) in [7, 11) is 0. The third kappa shape index (κ3) is 0.928. The lowest BCUT2D eigenvalue weighted by molar-refractivity contribution is 0.0701. The topological polar surface area (TPSA) is 54.6 Å². The zero-order valence-corrected chi connectivity index (χ0v) is 8.17. The van der Waals surface area contributed by atoms with Crippen molar-refractivity contribution >= 4 is 22.1 Å². The second kappa shape index (κ2) is 2.57. The molecule has 0 bridgehead atoms. The molecule has 0 fully saturated rings. The van der Waals surface area contributed by atoms with E-state index >= 15 is 0 Å². The molecule has 5 heteroatoms. The van der Waals surface area contributed by atoms with Crippen LogP contribution in [0.3, 0.4) is 0 Å². The van der Waals surface area contributed by atoms with Crippen molar-refractivity contribution in [2.45, 2.75) is 19.3 Å². The minimum atomic E-state index is -0.868. The van der Waals surface area contributed by atoms with Crippen LogP contribution in [-0.2, 0) is 12.8 Å². The van der Waals surface area contributed by atoms with Crippen molar-refractivity contribution in [2.24, 2.45) is 0 Å². The number of rotatable bonds is 1. The fourth-order valence-corrected chi connectivity index (χ4v) is 2.90. The summed E-state index contributed by atoms with van der Waals surface area (Å²) in [4.78, 5) is 12.1. The number of aromatic carboxylic acids is 1. The van der Waals surface area contributed by atoms with Crippen LogP contribution in [0.5, 0.6) is 0 Å².